The maximum atomic E-state index is 12.1. The molecule has 0 saturated heterocycles. The minimum atomic E-state index is -3.41. The Kier molecular flexibility index (Phi) is 4.56. The molecule has 8 heteroatoms. The van der Waals surface area contributed by atoms with E-state index in [-0.39, 0.29) is 4.90 Å². The van der Waals surface area contributed by atoms with Crippen LogP contribution >= 0.6 is 15.9 Å². The molecule has 0 atom stereocenters. The fourth-order valence-electron chi connectivity index (χ4n) is 1.68. The predicted octanol–water partition coefficient (Wildman–Crippen LogP) is 1.47. The summed E-state index contributed by atoms with van der Waals surface area (Å²) in [6, 6.07) is 6.84. The third kappa shape index (κ3) is 3.25. The number of sulfonamides is 1. The summed E-state index contributed by atoms with van der Waals surface area (Å²) in [5.74, 6) is 0. The highest BCUT2D eigenvalue weighted by atomic mass is 79.9. The Morgan fingerprint density at radius 2 is 2.10 bits per heavy atom. The number of benzene rings is 1. The van der Waals surface area contributed by atoms with Crippen molar-refractivity contribution in [1.29, 1.82) is 0 Å². The Bertz CT molecular complexity index is 697. The number of aromatic nitrogens is 3. The maximum absolute atomic E-state index is 12.1. The molecule has 0 aliphatic heterocycles. The highest BCUT2D eigenvalue weighted by Crippen LogP contribution is 2.15. The van der Waals surface area contributed by atoms with Gasteiger partial charge >= 0.3 is 0 Å². The van der Waals surface area contributed by atoms with E-state index in [9.17, 15) is 8.42 Å². The lowest BCUT2D eigenvalue weighted by atomic mass is 10.2. The lowest BCUT2D eigenvalue weighted by Crippen LogP contribution is -2.22. The molecule has 2 aromatic rings. The van der Waals surface area contributed by atoms with E-state index in [4.69, 9.17) is 0 Å². The molecule has 0 aliphatic rings. The Balaban J connectivity index is 2.26. The summed E-state index contributed by atoms with van der Waals surface area (Å²) in [6.45, 7) is 0.483. The zero-order valence-electron chi connectivity index (χ0n) is 11.2. The molecule has 0 N–H and O–H groups in total. The topological polar surface area (TPSA) is 68.1 Å². The number of halogens is 1. The van der Waals surface area contributed by atoms with E-state index in [0.29, 0.717) is 11.9 Å². The summed E-state index contributed by atoms with van der Waals surface area (Å²) >= 11 is 3.31. The zero-order valence-corrected chi connectivity index (χ0v) is 13.6. The molecule has 108 valence electrons. The van der Waals surface area contributed by atoms with E-state index in [1.54, 1.807) is 22.9 Å². The summed E-state index contributed by atoms with van der Waals surface area (Å²) in [4.78, 5) is 0.279. The van der Waals surface area contributed by atoms with Gasteiger partial charge in [0.25, 0.3) is 0 Å². The van der Waals surface area contributed by atoms with Gasteiger partial charge in [0.2, 0.25) is 10.0 Å². The number of rotatable bonds is 5. The molecule has 0 aliphatic carbocycles. The van der Waals surface area contributed by atoms with Crippen LogP contribution in [-0.2, 0) is 21.9 Å². The van der Waals surface area contributed by atoms with Crippen molar-refractivity contribution in [1.82, 2.24) is 19.3 Å². The molecule has 0 unspecified atom stereocenters. The van der Waals surface area contributed by atoms with Gasteiger partial charge in [0.15, 0.2) is 0 Å². The molecule has 6 nitrogen and oxygen atoms in total. The van der Waals surface area contributed by atoms with Crippen LogP contribution < -0.4 is 0 Å². The average molecular weight is 359 g/mol. The van der Waals surface area contributed by atoms with Crippen molar-refractivity contribution in [3.63, 3.8) is 0 Å². The number of alkyl halides is 1. The molecule has 2 rings (SSSR count). The highest BCUT2D eigenvalue weighted by molar-refractivity contribution is 9.08. The van der Waals surface area contributed by atoms with Gasteiger partial charge in [0.05, 0.1) is 17.1 Å². The third-order valence-corrected chi connectivity index (χ3v) is 5.13. The van der Waals surface area contributed by atoms with E-state index in [2.05, 4.69) is 26.2 Å². The molecule has 1 heterocycles. The largest absolute Gasteiger partial charge is 0.248 e. The van der Waals surface area contributed by atoms with Crippen molar-refractivity contribution in [3.05, 3.63) is 41.7 Å². The van der Waals surface area contributed by atoms with Crippen LogP contribution in [0.3, 0.4) is 0 Å². The third-order valence-electron chi connectivity index (χ3n) is 2.74. The summed E-state index contributed by atoms with van der Waals surface area (Å²) in [5.41, 5.74) is 1.70. The molecule has 0 spiro atoms. The van der Waals surface area contributed by atoms with E-state index in [0.717, 1.165) is 11.3 Å². The van der Waals surface area contributed by atoms with Crippen LogP contribution in [0, 0.1) is 0 Å². The minimum Gasteiger partial charge on any atom is -0.248 e. The quantitative estimate of drug-likeness (QED) is 0.759. The van der Waals surface area contributed by atoms with E-state index in [1.807, 2.05) is 12.3 Å². The van der Waals surface area contributed by atoms with Gasteiger partial charge in [-0.25, -0.2) is 17.4 Å². The summed E-state index contributed by atoms with van der Waals surface area (Å²) in [6.07, 6.45) is 1.82. The van der Waals surface area contributed by atoms with Crippen molar-refractivity contribution in [3.8, 4) is 0 Å². The van der Waals surface area contributed by atoms with Crippen LogP contribution in [0.25, 0.3) is 0 Å². The maximum Gasteiger partial charge on any atom is 0.242 e. The van der Waals surface area contributed by atoms with Crippen LogP contribution in [-0.4, -0.2) is 41.8 Å². The van der Waals surface area contributed by atoms with E-state index in [1.165, 1.54) is 18.4 Å². The summed E-state index contributed by atoms with van der Waals surface area (Å²) in [7, 11) is -0.379. The van der Waals surface area contributed by atoms with Crippen LogP contribution in [0.15, 0.2) is 35.4 Å². The van der Waals surface area contributed by atoms with Gasteiger partial charge in [-0.1, -0.05) is 33.3 Å². The average Bonchev–Trinajstić information content (AvgIpc) is 2.86. The first-order valence-electron chi connectivity index (χ1n) is 5.90. The van der Waals surface area contributed by atoms with Gasteiger partial charge in [-0.3, -0.25) is 0 Å². The van der Waals surface area contributed by atoms with Gasteiger partial charge in [0.1, 0.15) is 0 Å². The molecule has 1 aromatic carbocycles. The summed E-state index contributed by atoms with van der Waals surface area (Å²) in [5, 5.41) is 8.60. The second kappa shape index (κ2) is 6.02. The molecular formula is C12H15BrN4O2S. The first-order chi connectivity index (χ1) is 9.43. The highest BCUT2D eigenvalue weighted by Gasteiger charge is 2.17. The van der Waals surface area contributed by atoms with Gasteiger partial charge in [-0.2, -0.15) is 0 Å². The van der Waals surface area contributed by atoms with Crippen molar-refractivity contribution in [2.24, 2.45) is 0 Å². The number of nitrogens with zero attached hydrogens (tertiary/aromatic N) is 4. The monoisotopic (exact) mass is 358 g/mol. The Labute approximate surface area is 126 Å². The van der Waals surface area contributed by atoms with Gasteiger partial charge < -0.3 is 0 Å². The van der Waals surface area contributed by atoms with Gasteiger partial charge in [-0.05, 0) is 17.7 Å². The zero-order chi connectivity index (χ0) is 14.8. The molecule has 1 aromatic heterocycles. The molecule has 0 amide bonds. The lowest BCUT2D eigenvalue weighted by Gasteiger charge is -2.12. The van der Waals surface area contributed by atoms with Gasteiger partial charge in [0, 0.05) is 25.6 Å². The molecule has 0 fully saturated rings. The predicted molar refractivity (Wildman–Crippen MR) is 79.1 cm³/mol. The van der Waals surface area contributed by atoms with E-state index >= 15 is 0 Å². The van der Waals surface area contributed by atoms with Crippen molar-refractivity contribution in [2.45, 2.75) is 16.8 Å². The molecular weight excluding hydrogens is 344 g/mol. The standard InChI is InChI=1S/C12H15BrN4O2S/c1-16(2)20(18,19)12-5-3-4-10(6-12)8-17-9-11(7-13)14-15-17/h3-6,9H,7-8H2,1-2H3. The lowest BCUT2D eigenvalue weighted by molar-refractivity contribution is 0.520. The van der Waals surface area contributed by atoms with Crippen LogP contribution in [0.4, 0.5) is 0 Å². The summed E-state index contributed by atoms with van der Waals surface area (Å²) < 4.78 is 27.0. The van der Waals surface area contributed by atoms with Crippen LogP contribution in [0.2, 0.25) is 0 Å². The van der Waals surface area contributed by atoms with Gasteiger partial charge in [-0.15, -0.1) is 5.10 Å². The van der Waals surface area contributed by atoms with Crippen molar-refractivity contribution < 1.29 is 8.42 Å². The second-order valence-electron chi connectivity index (χ2n) is 4.48. The SMILES string of the molecule is CN(C)S(=O)(=O)c1cccc(Cn2cc(CBr)nn2)c1. The first kappa shape index (κ1) is 15.1. The second-order valence-corrected chi connectivity index (χ2v) is 7.19. The normalized spacial score (nSPS) is 12.0. The minimum absolute atomic E-state index is 0.279. The Hall–Kier alpha value is -1.25. The smallest absolute Gasteiger partial charge is 0.242 e. The van der Waals surface area contributed by atoms with Crippen molar-refractivity contribution >= 4 is 26.0 Å². The molecule has 0 bridgehead atoms. The van der Waals surface area contributed by atoms with Crippen molar-refractivity contribution in [2.75, 3.05) is 14.1 Å². The Morgan fingerprint density at radius 1 is 1.35 bits per heavy atom. The van der Waals surface area contributed by atoms with E-state index < -0.39 is 10.0 Å². The van der Waals surface area contributed by atoms with Crippen LogP contribution in [0.1, 0.15) is 11.3 Å². The molecule has 0 radical (unpaired) electrons. The number of hydrogen-bond donors (Lipinski definition) is 0. The molecule has 0 saturated carbocycles. The number of hydrogen-bond acceptors (Lipinski definition) is 4. The fourth-order valence-corrected chi connectivity index (χ4v) is 2.91. The Morgan fingerprint density at radius 3 is 2.70 bits per heavy atom. The van der Waals surface area contributed by atoms with Crippen LogP contribution in [0.5, 0.6) is 0 Å². The fraction of sp³-hybridized carbons (Fsp3) is 0.333. The first-order valence-corrected chi connectivity index (χ1v) is 8.46. The molecule has 20 heavy (non-hydrogen) atoms.